The fourth-order valence-corrected chi connectivity index (χ4v) is 3.14. The van der Waals surface area contributed by atoms with E-state index in [9.17, 15) is 4.79 Å². The summed E-state index contributed by atoms with van der Waals surface area (Å²) in [5.41, 5.74) is 5.14. The molecule has 0 aliphatic heterocycles. The van der Waals surface area contributed by atoms with Gasteiger partial charge in [-0.3, -0.25) is 9.78 Å². The Morgan fingerprint density at radius 1 is 1.26 bits per heavy atom. The van der Waals surface area contributed by atoms with Crippen molar-refractivity contribution in [1.82, 2.24) is 10.4 Å². The van der Waals surface area contributed by atoms with Gasteiger partial charge in [0.25, 0.3) is 5.91 Å². The second-order valence-corrected chi connectivity index (χ2v) is 6.58. The maximum absolute atomic E-state index is 12.5. The number of para-hydroxylation sites is 1. The number of hydrogen-bond acceptors (Lipinski definition) is 4. The molecule has 1 saturated carbocycles. The summed E-state index contributed by atoms with van der Waals surface area (Å²) in [5.74, 6) is 0.305. The summed E-state index contributed by atoms with van der Waals surface area (Å²) in [4.78, 5) is 18.2. The van der Waals surface area contributed by atoms with Crippen molar-refractivity contribution in [1.29, 1.82) is 0 Å². The lowest BCUT2D eigenvalue weighted by Gasteiger charge is -2.08. The molecule has 23 heavy (non-hydrogen) atoms. The Morgan fingerprint density at radius 2 is 2.13 bits per heavy atom. The Bertz CT molecular complexity index is 882. The minimum Gasteiger partial charge on any atom is -0.267 e. The summed E-state index contributed by atoms with van der Waals surface area (Å²) in [6.07, 6.45) is 3.97. The summed E-state index contributed by atoms with van der Waals surface area (Å²) in [6.45, 7) is 0. The van der Waals surface area contributed by atoms with Crippen LogP contribution in [0.3, 0.4) is 0 Å². The molecule has 4 rings (SSSR count). The molecule has 0 atom stereocenters. The quantitative estimate of drug-likeness (QED) is 0.584. The molecule has 1 N–H and O–H groups in total. The number of amides is 1. The first-order valence-electron chi connectivity index (χ1n) is 7.58. The number of benzene rings is 1. The van der Waals surface area contributed by atoms with Crippen LogP contribution < -0.4 is 5.43 Å². The molecule has 4 nitrogen and oxygen atoms in total. The van der Waals surface area contributed by atoms with Crippen LogP contribution in [0.5, 0.6) is 0 Å². The summed E-state index contributed by atoms with van der Waals surface area (Å²) < 4.78 is 0. The first-order valence-corrected chi connectivity index (χ1v) is 8.46. The third-order valence-corrected chi connectivity index (χ3v) is 4.68. The largest absolute Gasteiger partial charge is 0.272 e. The van der Waals surface area contributed by atoms with E-state index in [-0.39, 0.29) is 5.91 Å². The molecule has 114 valence electrons. The molecule has 2 aromatic heterocycles. The maximum Gasteiger partial charge on any atom is 0.272 e. The predicted molar refractivity (Wildman–Crippen MR) is 93.1 cm³/mol. The number of hydrogen-bond donors (Lipinski definition) is 1. The van der Waals surface area contributed by atoms with Crippen molar-refractivity contribution in [2.24, 2.45) is 5.10 Å². The zero-order valence-electron chi connectivity index (χ0n) is 12.4. The molecule has 1 fully saturated rings. The number of nitrogens with zero attached hydrogens (tertiary/aromatic N) is 2. The van der Waals surface area contributed by atoms with Gasteiger partial charge in [-0.1, -0.05) is 24.3 Å². The van der Waals surface area contributed by atoms with Crippen LogP contribution >= 0.6 is 11.3 Å². The number of carbonyl (C=O) groups is 1. The zero-order chi connectivity index (χ0) is 15.6. The molecule has 5 heteroatoms. The lowest BCUT2D eigenvalue weighted by molar-refractivity contribution is 0.0956. The van der Waals surface area contributed by atoms with Crippen molar-refractivity contribution in [3.05, 3.63) is 64.0 Å². The summed E-state index contributed by atoms with van der Waals surface area (Å²) in [7, 11) is 0. The van der Waals surface area contributed by atoms with Crippen LogP contribution in [-0.2, 0) is 0 Å². The van der Waals surface area contributed by atoms with Crippen molar-refractivity contribution in [3.63, 3.8) is 0 Å². The number of rotatable bonds is 4. The Hall–Kier alpha value is -2.53. The van der Waals surface area contributed by atoms with E-state index in [0.29, 0.717) is 11.5 Å². The standard InChI is InChI=1S/C18H15N3OS/c22-18(21-19-11-13-4-3-9-23-13)15-10-17(12-7-8-12)20-16-6-2-1-5-14(15)16/h1-6,9-12H,7-8H2,(H,21,22). The minimum atomic E-state index is -0.196. The van der Waals surface area contributed by atoms with Crippen LogP contribution in [-0.4, -0.2) is 17.1 Å². The van der Waals surface area contributed by atoms with Gasteiger partial charge in [-0.25, -0.2) is 5.43 Å². The van der Waals surface area contributed by atoms with E-state index in [0.717, 1.165) is 34.3 Å². The Kier molecular flexibility index (Phi) is 3.63. The van der Waals surface area contributed by atoms with Crippen molar-refractivity contribution in [2.45, 2.75) is 18.8 Å². The van der Waals surface area contributed by atoms with E-state index in [1.54, 1.807) is 17.6 Å². The average Bonchev–Trinajstić information content (AvgIpc) is 3.31. The highest BCUT2D eigenvalue weighted by molar-refractivity contribution is 7.11. The fourth-order valence-electron chi connectivity index (χ4n) is 2.55. The summed E-state index contributed by atoms with van der Waals surface area (Å²) in [5, 5.41) is 6.89. The molecule has 2 heterocycles. The Morgan fingerprint density at radius 3 is 2.91 bits per heavy atom. The van der Waals surface area contributed by atoms with Crippen molar-refractivity contribution < 1.29 is 4.79 Å². The molecular weight excluding hydrogens is 306 g/mol. The number of nitrogens with one attached hydrogen (secondary N) is 1. The molecule has 1 amide bonds. The van der Waals surface area contributed by atoms with Crippen LogP contribution in [0.1, 0.15) is 39.7 Å². The molecule has 3 aromatic rings. The number of carbonyl (C=O) groups excluding carboxylic acids is 1. The molecular formula is C18H15N3OS. The molecule has 0 unspecified atom stereocenters. The lowest BCUT2D eigenvalue weighted by atomic mass is 10.1. The molecule has 1 aliphatic carbocycles. The van der Waals surface area contributed by atoms with Crippen LogP contribution in [0.4, 0.5) is 0 Å². The number of hydrazone groups is 1. The Balaban J connectivity index is 1.65. The summed E-state index contributed by atoms with van der Waals surface area (Å²) in [6, 6.07) is 13.6. The summed E-state index contributed by atoms with van der Waals surface area (Å²) >= 11 is 1.58. The Labute approximate surface area is 137 Å². The number of fused-ring (bicyclic) bond motifs is 1. The van der Waals surface area contributed by atoms with Gasteiger partial charge in [0, 0.05) is 21.9 Å². The van der Waals surface area contributed by atoms with Gasteiger partial charge < -0.3 is 0 Å². The van der Waals surface area contributed by atoms with E-state index >= 15 is 0 Å². The molecule has 0 saturated heterocycles. The molecule has 1 aromatic carbocycles. The molecule has 1 aliphatic rings. The number of aromatic nitrogens is 1. The third kappa shape index (κ3) is 3.00. The molecule has 0 spiro atoms. The van der Waals surface area contributed by atoms with Gasteiger partial charge in [-0.15, -0.1) is 11.3 Å². The van der Waals surface area contributed by atoms with Gasteiger partial charge in [-0.2, -0.15) is 5.10 Å². The van der Waals surface area contributed by atoms with Crippen LogP contribution in [0.15, 0.2) is 52.9 Å². The third-order valence-electron chi connectivity index (χ3n) is 3.88. The van der Waals surface area contributed by atoms with Crippen LogP contribution in [0.25, 0.3) is 10.9 Å². The van der Waals surface area contributed by atoms with E-state index in [2.05, 4.69) is 15.5 Å². The first-order chi connectivity index (χ1) is 11.3. The zero-order valence-corrected chi connectivity index (χ0v) is 13.2. The number of thiophene rings is 1. The van der Waals surface area contributed by atoms with Crippen molar-refractivity contribution in [2.75, 3.05) is 0 Å². The minimum absolute atomic E-state index is 0.196. The fraction of sp³-hybridized carbons (Fsp3) is 0.167. The smallest absolute Gasteiger partial charge is 0.267 e. The topological polar surface area (TPSA) is 54.4 Å². The van der Waals surface area contributed by atoms with Gasteiger partial charge in [0.2, 0.25) is 0 Å². The highest BCUT2D eigenvalue weighted by Crippen LogP contribution is 2.40. The van der Waals surface area contributed by atoms with Gasteiger partial charge in [0.15, 0.2) is 0 Å². The lowest BCUT2D eigenvalue weighted by Crippen LogP contribution is -2.18. The second kappa shape index (κ2) is 5.93. The normalized spacial score (nSPS) is 14.4. The van der Waals surface area contributed by atoms with Gasteiger partial charge in [0.1, 0.15) is 0 Å². The van der Waals surface area contributed by atoms with E-state index in [1.165, 1.54) is 0 Å². The van der Waals surface area contributed by atoms with Crippen molar-refractivity contribution >= 4 is 34.4 Å². The van der Waals surface area contributed by atoms with Crippen LogP contribution in [0.2, 0.25) is 0 Å². The van der Waals surface area contributed by atoms with Crippen LogP contribution in [0, 0.1) is 0 Å². The van der Waals surface area contributed by atoms with Gasteiger partial charge in [-0.05, 0) is 36.4 Å². The maximum atomic E-state index is 12.5. The molecule has 0 bridgehead atoms. The number of pyridine rings is 1. The SMILES string of the molecule is O=C(NN=Cc1cccs1)c1cc(C2CC2)nc2ccccc12. The molecule has 0 radical (unpaired) electrons. The van der Waals surface area contributed by atoms with Gasteiger partial charge >= 0.3 is 0 Å². The average molecular weight is 321 g/mol. The monoisotopic (exact) mass is 321 g/mol. The highest BCUT2D eigenvalue weighted by Gasteiger charge is 2.26. The highest BCUT2D eigenvalue weighted by atomic mass is 32.1. The van der Waals surface area contributed by atoms with Gasteiger partial charge in [0.05, 0.1) is 17.3 Å². The second-order valence-electron chi connectivity index (χ2n) is 5.60. The van der Waals surface area contributed by atoms with E-state index in [1.807, 2.05) is 47.8 Å². The van der Waals surface area contributed by atoms with E-state index < -0.39 is 0 Å². The van der Waals surface area contributed by atoms with Crippen molar-refractivity contribution in [3.8, 4) is 0 Å². The predicted octanol–water partition coefficient (Wildman–Crippen LogP) is 3.94. The first kappa shape index (κ1) is 14.1. The van der Waals surface area contributed by atoms with E-state index in [4.69, 9.17) is 0 Å².